The van der Waals surface area contributed by atoms with E-state index < -0.39 is 0 Å². The smallest absolute Gasteiger partial charge is 0.213 e. The topological polar surface area (TPSA) is 38.3 Å². The molecule has 1 unspecified atom stereocenters. The maximum absolute atomic E-state index is 11.9. The van der Waals surface area contributed by atoms with Crippen LogP contribution in [0.4, 0.5) is 0 Å². The van der Waals surface area contributed by atoms with Crippen molar-refractivity contribution in [1.29, 1.82) is 0 Å². The maximum Gasteiger partial charge on any atom is 0.213 e. The Bertz CT molecular complexity index is 242. The van der Waals surface area contributed by atoms with Crippen LogP contribution >= 0.6 is 0 Å². The number of hydrogen-bond acceptors (Lipinski definition) is 3. The highest BCUT2D eigenvalue weighted by molar-refractivity contribution is 5.97. The minimum absolute atomic E-state index is 0.00750. The van der Waals surface area contributed by atoms with E-state index in [1.54, 1.807) is 0 Å². The molecular weight excluding hydrogens is 178 g/mol. The first-order valence-electron chi connectivity index (χ1n) is 5.48. The molecule has 1 N–H and O–H groups in total. The van der Waals surface area contributed by atoms with Crippen molar-refractivity contribution >= 4 is 5.78 Å². The van der Waals surface area contributed by atoms with Gasteiger partial charge in [0, 0.05) is 0 Å². The normalized spacial score (nSPS) is 27.7. The van der Waals surface area contributed by atoms with Gasteiger partial charge in [0.2, 0.25) is 5.78 Å². The molecule has 0 radical (unpaired) electrons. The third kappa shape index (κ3) is 2.15. The average Bonchev–Trinajstić information content (AvgIpc) is 2.30. The van der Waals surface area contributed by atoms with E-state index in [0.717, 1.165) is 32.2 Å². The molecule has 2 aliphatic heterocycles. The predicted molar refractivity (Wildman–Crippen MR) is 53.9 cm³/mol. The third-order valence-electron chi connectivity index (χ3n) is 2.81. The summed E-state index contributed by atoms with van der Waals surface area (Å²) in [4.78, 5) is 11.9. The minimum Gasteiger partial charge on any atom is -0.490 e. The molecule has 3 heteroatoms. The van der Waals surface area contributed by atoms with Crippen LogP contribution in [-0.4, -0.2) is 25.0 Å². The Balaban J connectivity index is 1.95. The van der Waals surface area contributed by atoms with Gasteiger partial charge in [0.15, 0.2) is 5.76 Å². The first-order valence-corrected chi connectivity index (χ1v) is 5.48. The summed E-state index contributed by atoms with van der Waals surface area (Å²) < 4.78 is 5.36. The Morgan fingerprint density at radius 3 is 3.00 bits per heavy atom. The molecule has 0 aromatic heterocycles. The molecule has 3 nitrogen and oxygen atoms in total. The van der Waals surface area contributed by atoms with E-state index in [1.165, 1.54) is 6.42 Å². The van der Waals surface area contributed by atoms with Crippen LogP contribution in [0.2, 0.25) is 0 Å². The van der Waals surface area contributed by atoms with Gasteiger partial charge in [0.25, 0.3) is 0 Å². The Kier molecular flexibility index (Phi) is 3.19. The van der Waals surface area contributed by atoms with E-state index in [1.807, 2.05) is 6.08 Å². The lowest BCUT2D eigenvalue weighted by atomic mass is 9.99. The molecule has 1 fully saturated rings. The molecular formula is C11H17NO2. The van der Waals surface area contributed by atoms with Crippen molar-refractivity contribution in [2.45, 2.75) is 38.1 Å². The second-order valence-corrected chi connectivity index (χ2v) is 3.93. The van der Waals surface area contributed by atoms with Crippen LogP contribution in [0.1, 0.15) is 32.1 Å². The van der Waals surface area contributed by atoms with Crippen molar-refractivity contribution in [2.24, 2.45) is 0 Å². The van der Waals surface area contributed by atoms with E-state index in [9.17, 15) is 4.79 Å². The molecule has 0 bridgehead atoms. The highest BCUT2D eigenvalue weighted by atomic mass is 16.5. The molecule has 0 aromatic rings. The lowest BCUT2D eigenvalue weighted by Gasteiger charge is -2.24. The van der Waals surface area contributed by atoms with Crippen molar-refractivity contribution in [3.05, 3.63) is 11.8 Å². The van der Waals surface area contributed by atoms with Gasteiger partial charge in [-0.05, 0) is 38.3 Å². The molecule has 78 valence electrons. The number of ketones is 1. The number of carbonyl (C=O) groups is 1. The zero-order valence-corrected chi connectivity index (χ0v) is 8.42. The van der Waals surface area contributed by atoms with Crippen molar-refractivity contribution in [2.75, 3.05) is 13.2 Å². The van der Waals surface area contributed by atoms with Gasteiger partial charge < -0.3 is 10.1 Å². The fourth-order valence-corrected chi connectivity index (χ4v) is 1.98. The molecule has 0 aromatic carbocycles. The molecule has 2 heterocycles. The van der Waals surface area contributed by atoms with Crippen LogP contribution in [0.5, 0.6) is 0 Å². The number of ether oxygens (including phenoxy) is 1. The average molecular weight is 195 g/mol. The zero-order valence-electron chi connectivity index (χ0n) is 8.42. The molecule has 0 aliphatic carbocycles. The van der Waals surface area contributed by atoms with Crippen LogP contribution in [0, 0.1) is 0 Å². The SMILES string of the molecule is O=C(C1=CCCCO1)C1CCCCN1. The maximum atomic E-state index is 11.9. The van der Waals surface area contributed by atoms with Crippen LogP contribution in [0.15, 0.2) is 11.8 Å². The molecule has 1 atom stereocenters. The second-order valence-electron chi connectivity index (χ2n) is 3.93. The van der Waals surface area contributed by atoms with E-state index in [4.69, 9.17) is 4.74 Å². The van der Waals surface area contributed by atoms with Gasteiger partial charge in [0.05, 0.1) is 12.6 Å². The van der Waals surface area contributed by atoms with Gasteiger partial charge in [-0.1, -0.05) is 6.42 Å². The van der Waals surface area contributed by atoms with Crippen LogP contribution in [0.25, 0.3) is 0 Å². The van der Waals surface area contributed by atoms with Gasteiger partial charge in [-0.15, -0.1) is 0 Å². The van der Waals surface area contributed by atoms with Gasteiger partial charge in [0.1, 0.15) is 0 Å². The predicted octanol–water partition coefficient (Wildman–Crippen LogP) is 1.39. The second kappa shape index (κ2) is 4.60. The Morgan fingerprint density at radius 2 is 2.36 bits per heavy atom. The summed E-state index contributed by atoms with van der Waals surface area (Å²) in [5.41, 5.74) is 0. The summed E-state index contributed by atoms with van der Waals surface area (Å²) >= 11 is 0. The third-order valence-corrected chi connectivity index (χ3v) is 2.81. The number of rotatable bonds is 2. The fourth-order valence-electron chi connectivity index (χ4n) is 1.98. The number of carbonyl (C=O) groups excluding carboxylic acids is 1. The highest BCUT2D eigenvalue weighted by Crippen LogP contribution is 2.16. The lowest BCUT2D eigenvalue weighted by Crippen LogP contribution is -2.41. The van der Waals surface area contributed by atoms with Crippen LogP contribution in [0.3, 0.4) is 0 Å². The zero-order chi connectivity index (χ0) is 9.80. The lowest BCUT2D eigenvalue weighted by molar-refractivity contribution is -0.121. The monoisotopic (exact) mass is 195 g/mol. The van der Waals surface area contributed by atoms with Crippen molar-refractivity contribution in [3.63, 3.8) is 0 Å². The summed E-state index contributed by atoms with van der Waals surface area (Å²) in [6.07, 6.45) is 7.24. The van der Waals surface area contributed by atoms with Gasteiger partial charge in [-0.25, -0.2) is 0 Å². The molecule has 0 spiro atoms. The Morgan fingerprint density at radius 1 is 1.43 bits per heavy atom. The first kappa shape index (κ1) is 9.71. The van der Waals surface area contributed by atoms with E-state index in [0.29, 0.717) is 12.4 Å². The Hall–Kier alpha value is -0.830. The minimum atomic E-state index is 0.00750. The summed E-state index contributed by atoms with van der Waals surface area (Å²) in [5.74, 6) is 0.750. The highest BCUT2D eigenvalue weighted by Gasteiger charge is 2.25. The van der Waals surface area contributed by atoms with E-state index in [2.05, 4.69) is 5.32 Å². The fraction of sp³-hybridized carbons (Fsp3) is 0.727. The number of allylic oxidation sites excluding steroid dienone is 1. The Labute approximate surface area is 84.5 Å². The number of nitrogens with one attached hydrogen (secondary N) is 1. The van der Waals surface area contributed by atoms with Crippen molar-refractivity contribution in [3.8, 4) is 0 Å². The summed E-state index contributed by atoms with van der Waals surface area (Å²) in [7, 11) is 0. The quantitative estimate of drug-likeness (QED) is 0.723. The summed E-state index contributed by atoms with van der Waals surface area (Å²) in [5, 5.41) is 3.25. The summed E-state index contributed by atoms with van der Waals surface area (Å²) in [6.45, 7) is 1.66. The number of Topliss-reactive ketones (excluding diaryl/α,β-unsaturated/α-hetero) is 1. The molecule has 0 amide bonds. The summed E-state index contributed by atoms with van der Waals surface area (Å²) in [6, 6.07) is 0.00750. The molecule has 2 rings (SSSR count). The van der Waals surface area contributed by atoms with Gasteiger partial charge in [-0.3, -0.25) is 4.79 Å². The molecule has 0 saturated carbocycles. The van der Waals surface area contributed by atoms with Gasteiger partial charge >= 0.3 is 0 Å². The molecule has 14 heavy (non-hydrogen) atoms. The van der Waals surface area contributed by atoms with Crippen LogP contribution in [-0.2, 0) is 9.53 Å². The van der Waals surface area contributed by atoms with Crippen LogP contribution < -0.4 is 5.32 Å². The molecule has 2 aliphatic rings. The molecule has 1 saturated heterocycles. The van der Waals surface area contributed by atoms with Gasteiger partial charge in [-0.2, -0.15) is 0 Å². The first-order chi connectivity index (χ1) is 6.88. The number of piperidine rings is 1. The van der Waals surface area contributed by atoms with E-state index >= 15 is 0 Å². The van der Waals surface area contributed by atoms with E-state index in [-0.39, 0.29) is 11.8 Å². The standard InChI is InChI=1S/C11H17NO2/c13-11(9-5-1-3-7-12-9)10-6-2-4-8-14-10/h6,9,12H,1-5,7-8H2. The van der Waals surface area contributed by atoms with Crippen molar-refractivity contribution in [1.82, 2.24) is 5.32 Å². The van der Waals surface area contributed by atoms with Crippen molar-refractivity contribution < 1.29 is 9.53 Å². The number of hydrogen-bond donors (Lipinski definition) is 1. The largest absolute Gasteiger partial charge is 0.490 e.